The molecule has 1 aromatic rings. The highest BCUT2D eigenvalue weighted by Gasteiger charge is 2.10. The van der Waals surface area contributed by atoms with Crippen LogP contribution in [0.1, 0.15) is 62.7 Å². The van der Waals surface area contributed by atoms with E-state index in [1.165, 1.54) is 32.1 Å². The second kappa shape index (κ2) is 8.05. The number of ketones is 1. The van der Waals surface area contributed by atoms with Crippen molar-refractivity contribution in [3.8, 4) is 0 Å². The number of carbonyl (C=O) groups is 1. The lowest BCUT2D eigenvalue weighted by Gasteiger charge is -2.10. The number of carbonyl (C=O) groups excluding carboxylic acids is 1. The highest BCUT2D eigenvalue weighted by molar-refractivity contribution is 5.96. The molecule has 0 fully saturated rings. The first-order valence-electron chi connectivity index (χ1n) is 6.82. The Kier molecular flexibility index (Phi) is 6.61. The molecule has 0 saturated carbocycles. The predicted molar refractivity (Wildman–Crippen MR) is 73.3 cm³/mol. The summed E-state index contributed by atoms with van der Waals surface area (Å²) in [5.41, 5.74) is 0.855. The summed E-state index contributed by atoms with van der Waals surface area (Å²) in [6.45, 7) is 4.41. The molecule has 0 N–H and O–H groups in total. The Bertz CT molecular complexity index is 316. The molecule has 94 valence electrons. The van der Waals surface area contributed by atoms with Crippen molar-refractivity contribution in [2.45, 2.75) is 52.4 Å². The Labute approximate surface area is 105 Å². The number of Topliss-reactive ketones (excluding diaryl/α,β-unsaturated/α-hetero) is 1. The molecule has 0 radical (unpaired) electrons. The lowest BCUT2D eigenvalue weighted by Crippen LogP contribution is -2.06. The molecule has 17 heavy (non-hydrogen) atoms. The fourth-order valence-electron chi connectivity index (χ4n) is 2.08. The van der Waals surface area contributed by atoms with E-state index >= 15 is 0 Å². The van der Waals surface area contributed by atoms with Crippen molar-refractivity contribution >= 4 is 5.78 Å². The normalized spacial score (nSPS) is 12.4. The van der Waals surface area contributed by atoms with Crippen LogP contribution < -0.4 is 0 Å². The summed E-state index contributed by atoms with van der Waals surface area (Å²) in [7, 11) is 0. The standard InChI is InChI=1S/C16H24O/c1-3-4-5-7-10-14(2)13-16(17)15-11-8-6-9-12-15/h6,8-9,11-12,14H,3-5,7,10,13H2,1-2H3/t14-/m1/s1. The van der Waals surface area contributed by atoms with Crippen molar-refractivity contribution in [2.24, 2.45) is 5.92 Å². The minimum Gasteiger partial charge on any atom is -0.294 e. The van der Waals surface area contributed by atoms with E-state index < -0.39 is 0 Å². The Balaban J connectivity index is 2.26. The van der Waals surface area contributed by atoms with Gasteiger partial charge in [0.1, 0.15) is 0 Å². The number of rotatable bonds is 8. The van der Waals surface area contributed by atoms with Crippen LogP contribution in [-0.2, 0) is 0 Å². The van der Waals surface area contributed by atoms with E-state index in [9.17, 15) is 4.79 Å². The van der Waals surface area contributed by atoms with Crippen molar-refractivity contribution < 1.29 is 4.79 Å². The van der Waals surface area contributed by atoms with Gasteiger partial charge >= 0.3 is 0 Å². The van der Waals surface area contributed by atoms with Crippen LogP contribution in [0.15, 0.2) is 30.3 Å². The van der Waals surface area contributed by atoms with E-state index in [4.69, 9.17) is 0 Å². The molecule has 0 bridgehead atoms. The quantitative estimate of drug-likeness (QED) is 0.462. The lowest BCUT2D eigenvalue weighted by molar-refractivity contribution is 0.0962. The molecule has 0 amide bonds. The highest BCUT2D eigenvalue weighted by atomic mass is 16.1. The van der Waals surface area contributed by atoms with Gasteiger partial charge in [0.05, 0.1) is 0 Å². The van der Waals surface area contributed by atoms with E-state index in [0.717, 1.165) is 5.56 Å². The van der Waals surface area contributed by atoms with Gasteiger partial charge in [-0.15, -0.1) is 0 Å². The van der Waals surface area contributed by atoms with Crippen LogP contribution in [0.2, 0.25) is 0 Å². The summed E-state index contributed by atoms with van der Waals surface area (Å²) in [6.07, 6.45) is 7.03. The fraction of sp³-hybridized carbons (Fsp3) is 0.562. The van der Waals surface area contributed by atoms with E-state index in [1.807, 2.05) is 30.3 Å². The van der Waals surface area contributed by atoms with Crippen LogP contribution in [0, 0.1) is 5.92 Å². The van der Waals surface area contributed by atoms with Gasteiger partial charge in [0.2, 0.25) is 0 Å². The molecule has 0 aliphatic carbocycles. The van der Waals surface area contributed by atoms with Crippen molar-refractivity contribution in [3.05, 3.63) is 35.9 Å². The Morgan fingerprint density at radius 3 is 2.47 bits per heavy atom. The van der Waals surface area contributed by atoms with Crippen molar-refractivity contribution in [1.29, 1.82) is 0 Å². The number of benzene rings is 1. The van der Waals surface area contributed by atoms with Crippen LogP contribution in [-0.4, -0.2) is 5.78 Å². The summed E-state index contributed by atoms with van der Waals surface area (Å²) < 4.78 is 0. The minimum absolute atomic E-state index is 0.286. The van der Waals surface area contributed by atoms with Crippen LogP contribution in [0.3, 0.4) is 0 Å². The number of hydrogen-bond donors (Lipinski definition) is 0. The van der Waals surface area contributed by atoms with Crippen LogP contribution in [0.25, 0.3) is 0 Å². The topological polar surface area (TPSA) is 17.1 Å². The van der Waals surface area contributed by atoms with E-state index in [0.29, 0.717) is 12.3 Å². The van der Waals surface area contributed by atoms with Gasteiger partial charge in [-0.2, -0.15) is 0 Å². The van der Waals surface area contributed by atoms with Crippen LogP contribution in [0.4, 0.5) is 0 Å². The molecule has 0 spiro atoms. The molecular formula is C16H24O. The average Bonchev–Trinajstić information content (AvgIpc) is 2.36. The third-order valence-corrected chi connectivity index (χ3v) is 3.18. The van der Waals surface area contributed by atoms with Gasteiger partial charge in [0.15, 0.2) is 5.78 Å². The lowest BCUT2D eigenvalue weighted by atomic mass is 9.95. The van der Waals surface area contributed by atoms with Gasteiger partial charge in [-0.05, 0) is 5.92 Å². The molecule has 1 rings (SSSR count). The number of hydrogen-bond acceptors (Lipinski definition) is 1. The molecular weight excluding hydrogens is 208 g/mol. The van der Waals surface area contributed by atoms with Gasteiger partial charge < -0.3 is 0 Å². The summed E-state index contributed by atoms with van der Waals surface area (Å²) >= 11 is 0. The smallest absolute Gasteiger partial charge is 0.163 e. The molecule has 1 heteroatoms. The zero-order valence-corrected chi connectivity index (χ0v) is 11.1. The zero-order valence-electron chi connectivity index (χ0n) is 11.1. The second-order valence-electron chi connectivity index (χ2n) is 4.95. The van der Waals surface area contributed by atoms with Gasteiger partial charge in [-0.1, -0.05) is 76.3 Å². The highest BCUT2D eigenvalue weighted by Crippen LogP contribution is 2.16. The number of unbranched alkanes of at least 4 members (excludes halogenated alkanes) is 3. The zero-order chi connectivity index (χ0) is 12.5. The third kappa shape index (κ3) is 5.67. The van der Waals surface area contributed by atoms with Crippen LogP contribution >= 0.6 is 0 Å². The second-order valence-corrected chi connectivity index (χ2v) is 4.95. The third-order valence-electron chi connectivity index (χ3n) is 3.18. The van der Waals surface area contributed by atoms with Crippen LogP contribution in [0.5, 0.6) is 0 Å². The Hall–Kier alpha value is -1.11. The average molecular weight is 232 g/mol. The first-order chi connectivity index (χ1) is 8.24. The Morgan fingerprint density at radius 2 is 1.82 bits per heavy atom. The molecule has 0 saturated heterocycles. The Morgan fingerprint density at radius 1 is 1.12 bits per heavy atom. The maximum absolute atomic E-state index is 11.9. The van der Waals surface area contributed by atoms with Crippen molar-refractivity contribution in [3.63, 3.8) is 0 Å². The molecule has 0 aliphatic rings. The maximum Gasteiger partial charge on any atom is 0.163 e. The molecule has 0 aromatic heterocycles. The fourth-order valence-corrected chi connectivity index (χ4v) is 2.08. The summed E-state index contributed by atoms with van der Waals surface area (Å²) in [6, 6.07) is 9.63. The largest absolute Gasteiger partial charge is 0.294 e. The SMILES string of the molecule is CCCCCC[C@@H](C)CC(=O)c1ccccc1. The maximum atomic E-state index is 11.9. The first-order valence-corrected chi connectivity index (χ1v) is 6.82. The molecule has 1 atom stereocenters. The molecule has 1 nitrogen and oxygen atoms in total. The van der Waals surface area contributed by atoms with E-state index in [1.54, 1.807) is 0 Å². The molecule has 1 aromatic carbocycles. The van der Waals surface area contributed by atoms with Gasteiger partial charge in [-0.25, -0.2) is 0 Å². The van der Waals surface area contributed by atoms with E-state index in [-0.39, 0.29) is 5.78 Å². The van der Waals surface area contributed by atoms with Gasteiger partial charge in [0.25, 0.3) is 0 Å². The molecule has 0 aliphatic heterocycles. The molecule has 0 heterocycles. The summed E-state index contributed by atoms with van der Waals surface area (Å²) in [4.78, 5) is 11.9. The van der Waals surface area contributed by atoms with Gasteiger partial charge in [0, 0.05) is 12.0 Å². The molecule has 0 unspecified atom stereocenters. The summed E-state index contributed by atoms with van der Waals surface area (Å²) in [5, 5.41) is 0. The van der Waals surface area contributed by atoms with E-state index in [2.05, 4.69) is 13.8 Å². The van der Waals surface area contributed by atoms with Gasteiger partial charge in [-0.3, -0.25) is 4.79 Å². The summed E-state index contributed by atoms with van der Waals surface area (Å²) in [5.74, 6) is 0.799. The van der Waals surface area contributed by atoms with Crippen molar-refractivity contribution in [2.75, 3.05) is 0 Å². The van der Waals surface area contributed by atoms with Crippen molar-refractivity contribution in [1.82, 2.24) is 0 Å². The predicted octanol–water partition coefficient (Wildman–Crippen LogP) is 4.87. The first kappa shape index (κ1) is 14.0. The minimum atomic E-state index is 0.286. The monoisotopic (exact) mass is 232 g/mol.